The average molecular weight is 340 g/mol. The number of hydrogen-bond acceptors (Lipinski definition) is 3. The predicted molar refractivity (Wildman–Crippen MR) is 98.7 cm³/mol. The number of aromatic nitrogens is 2. The van der Waals surface area contributed by atoms with Gasteiger partial charge in [-0.2, -0.15) is 0 Å². The van der Waals surface area contributed by atoms with Crippen LogP contribution in [0.4, 0.5) is 0 Å². The molecule has 1 amide bonds. The summed E-state index contributed by atoms with van der Waals surface area (Å²) in [5.74, 6) is 1.67. The van der Waals surface area contributed by atoms with E-state index in [9.17, 15) is 4.79 Å². The highest BCUT2D eigenvalue weighted by Gasteiger charge is 2.22. The van der Waals surface area contributed by atoms with E-state index in [1.54, 1.807) is 0 Å². The van der Waals surface area contributed by atoms with Crippen molar-refractivity contribution in [2.24, 2.45) is 0 Å². The maximum atomic E-state index is 12.7. The number of piperidine rings is 1. The lowest BCUT2D eigenvalue weighted by Gasteiger charge is -2.22. The van der Waals surface area contributed by atoms with E-state index in [0.717, 1.165) is 50.4 Å². The zero-order valence-corrected chi connectivity index (χ0v) is 14.9. The number of carbonyl (C=O) groups is 1. The van der Waals surface area contributed by atoms with E-state index in [1.807, 2.05) is 21.7 Å². The molecule has 0 saturated carbocycles. The van der Waals surface area contributed by atoms with Crippen molar-refractivity contribution in [2.45, 2.75) is 51.0 Å². The summed E-state index contributed by atoms with van der Waals surface area (Å²) < 4.78 is 2.03. The third-order valence-corrected chi connectivity index (χ3v) is 5.59. The molecular formula is C20H28N4O. The topological polar surface area (TPSA) is 50.2 Å². The molecule has 4 rings (SSSR count). The first-order chi connectivity index (χ1) is 12.3. The normalized spacial score (nSPS) is 22.1. The van der Waals surface area contributed by atoms with Gasteiger partial charge in [-0.05, 0) is 50.4 Å². The minimum atomic E-state index is 0.225. The fourth-order valence-electron chi connectivity index (χ4n) is 4.12. The molecule has 4 heterocycles. The molecule has 1 N–H and O–H groups in total. The molecule has 25 heavy (non-hydrogen) atoms. The number of nitrogens with zero attached hydrogens (tertiary/aromatic N) is 3. The first-order valence-electron chi connectivity index (χ1n) is 9.75. The second kappa shape index (κ2) is 7.56. The Balaban J connectivity index is 1.53. The van der Waals surface area contributed by atoms with Crippen molar-refractivity contribution >= 4 is 5.91 Å². The van der Waals surface area contributed by atoms with Gasteiger partial charge in [-0.3, -0.25) is 4.79 Å². The van der Waals surface area contributed by atoms with Crippen LogP contribution in [0, 0.1) is 0 Å². The van der Waals surface area contributed by atoms with Crippen molar-refractivity contribution in [1.82, 2.24) is 19.8 Å². The molecule has 134 valence electrons. The van der Waals surface area contributed by atoms with Crippen LogP contribution >= 0.6 is 0 Å². The third-order valence-electron chi connectivity index (χ3n) is 5.59. The largest absolute Gasteiger partial charge is 0.341 e. The van der Waals surface area contributed by atoms with Gasteiger partial charge in [0, 0.05) is 43.0 Å². The molecule has 2 fully saturated rings. The molecule has 0 aromatic rings. The fraction of sp³-hybridized carbons (Fsp3) is 0.600. The fourth-order valence-corrected chi connectivity index (χ4v) is 4.12. The molecule has 0 radical (unpaired) electrons. The standard InChI is InChI=1S/C20H28N4O/c25-19(23-10-3-1-2-4-11-23)15-24-12-6-8-16-13-18(22-20(16)24)17-7-5-9-21-14-17/h6,8,12-13,17,21H,1-5,7,9-11,14-15H2/t17-/m0/s1. The smallest absolute Gasteiger partial charge is 0.242 e. The highest BCUT2D eigenvalue weighted by atomic mass is 16.2. The Morgan fingerprint density at radius 3 is 2.80 bits per heavy atom. The Hall–Kier alpha value is -1.88. The minimum absolute atomic E-state index is 0.225. The molecule has 1 atom stereocenters. The summed E-state index contributed by atoms with van der Waals surface area (Å²) in [6.45, 7) is 4.33. The van der Waals surface area contributed by atoms with E-state index in [1.165, 1.54) is 31.4 Å². The number of nitrogens with one attached hydrogen (secondary N) is 1. The van der Waals surface area contributed by atoms with Gasteiger partial charge >= 0.3 is 0 Å². The molecule has 0 bridgehead atoms. The highest BCUT2D eigenvalue weighted by molar-refractivity contribution is 5.77. The van der Waals surface area contributed by atoms with Crippen molar-refractivity contribution in [3.8, 4) is 11.4 Å². The van der Waals surface area contributed by atoms with Gasteiger partial charge in [-0.25, -0.2) is 4.98 Å². The molecule has 0 aliphatic carbocycles. The van der Waals surface area contributed by atoms with E-state index >= 15 is 0 Å². The first-order valence-corrected chi connectivity index (χ1v) is 9.75. The lowest BCUT2D eigenvalue weighted by Crippen LogP contribution is -2.34. The van der Waals surface area contributed by atoms with E-state index in [0.29, 0.717) is 12.5 Å². The van der Waals surface area contributed by atoms with Gasteiger partial charge in [-0.1, -0.05) is 12.8 Å². The minimum Gasteiger partial charge on any atom is -0.341 e. The number of carbonyl (C=O) groups excluding carboxylic acids is 1. The second-order valence-electron chi connectivity index (χ2n) is 7.43. The van der Waals surface area contributed by atoms with Gasteiger partial charge in [0.2, 0.25) is 5.91 Å². The number of amides is 1. The van der Waals surface area contributed by atoms with Crippen molar-refractivity contribution in [3.05, 3.63) is 30.1 Å². The zero-order chi connectivity index (χ0) is 17.1. The van der Waals surface area contributed by atoms with Crippen LogP contribution in [0.3, 0.4) is 0 Å². The monoisotopic (exact) mass is 340 g/mol. The van der Waals surface area contributed by atoms with Crippen molar-refractivity contribution in [3.63, 3.8) is 0 Å². The average Bonchev–Trinajstić information content (AvgIpc) is 2.90. The molecule has 2 saturated heterocycles. The number of hydrogen-bond donors (Lipinski definition) is 1. The van der Waals surface area contributed by atoms with Gasteiger partial charge in [0.25, 0.3) is 0 Å². The lowest BCUT2D eigenvalue weighted by molar-refractivity contribution is -0.131. The van der Waals surface area contributed by atoms with Gasteiger partial charge < -0.3 is 14.8 Å². The summed E-state index contributed by atoms with van der Waals surface area (Å²) >= 11 is 0. The van der Waals surface area contributed by atoms with Crippen LogP contribution < -0.4 is 5.32 Å². The number of pyridine rings is 1. The van der Waals surface area contributed by atoms with Crippen LogP contribution in [0.15, 0.2) is 24.4 Å². The van der Waals surface area contributed by atoms with Crippen LogP contribution in [-0.2, 0) is 11.3 Å². The van der Waals surface area contributed by atoms with Gasteiger partial charge in [0.15, 0.2) is 0 Å². The van der Waals surface area contributed by atoms with Crippen LogP contribution in [0.1, 0.15) is 50.1 Å². The SMILES string of the molecule is O=C(Cn1cccc2cc([C@H]3CCCNC3)nc1-2)N1CCCCCC1. The molecule has 5 nitrogen and oxygen atoms in total. The molecule has 0 aromatic carbocycles. The van der Waals surface area contributed by atoms with E-state index in [2.05, 4.69) is 17.4 Å². The third kappa shape index (κ3) is 3.71. The Bertz CT molecular complexity index is 681. The quantitative estimate of drug-likeness (QED) is 0.935. The van der Waals surface area contributed by atoms with E-state index < -0.39 is 0 Å². The molecule has 0 spiro atoms. The molecule has 4 aliphatic rings. The Morgan fingerprint density at radius 2 is 2.04 bits per heavy atom. The van der Waals surface area contributed by atoms with Gasteiger partial charge in [0.1, 0.15) is 12.4 Å². The number of fused-ring (bicyclic) bond motifs is 1. The lowest BCUT2D eigenvalue weighted by atomic mass is 9.96. The van der Waals surface area contributed by atoms with E-state index in [4.69, 9.17) is 4.98 Å². The maximum absolute atomic E-state index is 12.7. The summed E-state index contributed by atoms with van der Waals surface area (Å²) in [6, 6.07) is 6.34. The van der Waals surface area contributed by atoms with Crippen LogP contribution in [0.2, 0.25) is 0 Å². The zero-order valence-electron chi connectivity index (χ0n) is 14.9. The molecule has 5 heteroatoms. The molecular weight excluding hydrogens is 312 g/mol. The molecule has 0 unspecified atom stereocenters. The number of rotatable bonds is 3. The Morgan fingerprint density at radius 1 is 1.20 bits per heavy atom. The highest BCUT2D eigenvalue weighted by Crippen LogP contribution is 2.29. The first kappa shape index (κ1) is 16.6. The summed E-state index contributed by atoms with van der Waals surface area (Å²) in [5, 5.41) is 3.47. The summed E-state index contributed by atoms with van der Waals surface area (Å²) in [7, 11) is 0. The van der Waals surface area contributed by atoms with Crippen LogP contribution in [0.25, 0.3) is 11.4 Å². The summed E-state index contributed by atoms with van der Waals surface area (Å²) in [4.78, 5) is 19.7. The van der Waals surface area contributed by atoms with Crippen molar-refractivity contribution in [2.75, 3.05) is 26.2 Å². The summed E-state index contributed by atoms with van der Waals surface area (Å²) in [6.07, 6.45) is 9.16. The maximum Gasteiger partial charge on any atom is 0.242 e. The molecule has 4 aliphatic heterocycles. The van der Waals surface area contributed by atoms with Crippen molar-refractivity contribution in [1.29, 1.82) is 0 Å². The molecule has 0 aromatic heterocycles. The number of likely N-dealkylation sites (tertiary alicyclic amines) is 1. The van der Waals surface area contributed by atoms with Gasteiger partial charge in [0.05, 0.1) is 0 Å². The van der Waals surface area contributed by atoms with Gasteiger partial charge in [-0.15, -0.1) is 0 Å². The Labute approximate surface area is 149 Å². The van der Waals surface area contributed by atoms with E-state index in [-0.39, 0.29) is 5.91 Å². The second-order valence-corrected chi connectivity index (χ2v) is 7.43. The summed E-state index contributed by atoms with van der Waals surface area (Å²) in [5.41, 5.74) is 2.32. The van der Waals surface area contributed by atoms with Crippen LogP contribution in [-0.4, -0.2) is 46.5 Å². The predicted octanol–water partition coefficient (Wildman–Crippen LogP) is 2.86. The van der Waals surface area contributed by atoms with Crippen molar-refractivity contribution < 1.29 is 4.79 Å². The van der Waals surface area contributed by atoms with Crippen LogP contribution in [0.5, 0.6) is 0 Å². The Kier molecular flexibility index (Phi) is 5.02.